The first kappa shape index (κ1) is 10.6. The predicted molar refractivity (Wildman–Crippen MR) is 64.5 cm³/mol. The van der Waals surface area contributed by atoms with Crippen molar-refractivity contribution in [2.45, 2.75) is 25.8 Å². The maximum Gasteiger partial charge on any atom is 0.401 e. The molecule has 0 saturated heterocycles. The van der Waals surface area contributed by atoms with Gasteiger partial charge in [0.05, 0.1) is 0 Å². The first-order valence-electron chi connectivity index (χ1n) is 5.75. The van der Waals surface area contributed by atoms with E-state index < -0.39 is 0 Å². The molecule has 2 aromatic rings. The molecule has 5 heteroatoms. The van der Waals surface area contributed by atoms with Crippen LogP contribution in [0.25, 0.3) is 5.69 Å². The second-order valence-corrected chi connectivity index (χ2v) is 4.71. The molecule has 1 N–H and O–H groups in total. The third-order valence-electron chi connectivity index (χ3n) is 3.13. The van der Waals surface area contributed by atoms with Gasteiger partial charge in [0.2, 0.25) is 5.69 Å². The zero-order valence-corrected chi connectivity index (χ0v) is 10.1. The van der Waals surface area contributed by atoms with Gasteiger partial charge in [-0.3, -0.25) is 0 Å². The number of halogens is 1. The molecule has 88 valence electrons. The van der Waals surface area contributed by atoms with Crippen molar-refractivity contribution in [3.8, 4) is 5.69 Å². The van der Waals surface area contributed by atoms with Crippen molar-refractivity contribution >= 4 is 11.6 Å². The summed E-state index contributed by atoms with van der Waals surface area (Å²) >= 11 is 5.84. The van der Waals surface area contributed by atoms with Crippen LogP contribution in [-0.4, -0.2) is 9.90 Å². The van der Waals surface area contributed by atoms with Crippen LogP contribution < -0.4 is 10.2 Å². The standard InChI is InChI=1S/C12H12ClN3O/c13-9-4-6-10(7-5-9)16-12(17)11-3-1-2-8-15(11)14-16/h4-7H,1-3,8H2/p+1. The topological polar surface area (TPSA) is 41.7 Å². The highest BCUT2D eigenvalue weighted by Crippen LogP contribution is 2.11. The predicted octanol–water partition coefficient (Wildman–Crippen LogP) is 1.44. The van der Waals surface area contributed by atoms with E-state index in [1.54, 1.807) is 16.8 Å². The van der Waals surface area contributed by atoms with E-state index in [4.69, 9.17) is 11.6 Å². The van der Waals surface area contributed by atoms with Gasteiger partial charge in [0, 0.05) is 11.4 Å². The van der Waals surface area contributed by atoms with Crippen LogP contribution in [0.1, 0.15) is 18.5 Å². The van der Waals surface area contributed by atoms with Gasteiger partial charge in [-0.15, -0.1) is 0 Å². The summed E-state index contributed by atoms with van der Waals surface area (Å²) in [6, 6.07) is 7.25. The Kier molecular flexibility index (Phi) is 2.52. The van der Waals surface area contributed by atoms with Gasteiger partial charge in [-0.05, 0) is 37.1 Å². The molecule has 2 heterocycles. The second-order valence-electron chi connectivity index (χ2n) is 4.27. The average molecular weight is 251 g/mol. The van der Waals surface area contributed by atoms with E-state index >= 15 is 0 Å². The number of rotatable bonds is 1. The fraction of sp³-hybridized carbons (Fsp3) is 0.333. The number of fused-ring (bicyclic) bond motifs is 1. The molecule has 3 rings (SSSR count). The van der Waals surface area contributed by atoms with E-state index in [-0.39, 0.29) is 5.56 Å². The van der Waals surface area contributed by atoms with Gasteiger partial charge in [-0.25, -0.2) is 4.79 Å². The number of hydrogen-bond acceptors (Lipinski definition) is 1. The molecule has 0 fully saturated rings. The summed E-state index contributed by atoms with van der Waals surface area (Å²) in [7, 11) is 0. The van der Waals surface area contributed by atoms with Crippen LogP contribution in [0.4, 0.5) is 0 Å². The van der Waals surface area contributed by atoms with E-state index in [2.05, 4.69) is 5.21 Å². The van der Waals surface area contributed by atoms with Crippen molar-refractivity contribution in [3.63, 3.8) is 0 Å². The highest BCUT2D eigenvalue weighted by Gasteiger charge is 2.24. The number of aromatic amines is 1. The maximum atomic E-state index is 12.2. The van der Waals surface area contributed by atoms with Crippen LogP contribution in [0.15, 0.2) is 29.1 Å². The Morgan fingerprint density at radius 2 is 2.00 bits per heavy atom. The van der Waals surface area contributed by atoms with E-state index in [9.17, 15) is 4.79 Å². The first-order chi connectivity index (χ1) is 8.25. The molecule has 4 nitrogen and oxygen atoms in total. The van der Waals surface area contributed by atoms with Crippen LogP contribution >= 0.6 is 11.6 Å². The molecule has 0 atom stereocenters. The molecule has 1 aromatic carbocycles. The molecular weight excluding hydrogens is 238 g/mol. The third kappa shape index (κ3) is 1.78. The molecule has 17 heavy (non-hydrogen) atoms. The Labute approximate surface area is 103 Å². The van der Waals surface area contributed by atoms with E-state index in [1.807, 2.05) is 16.8 Å². The minimum absolute atomic E-state index is 0.0482. The summed E-state index contributed by atoms with van der Waals surface area (Å²) in [6.07, 6.45) is 3.07. The number of nitrogens with zero attached hydrogens (tertiary/aromatic N) is 2. The Morgan fingerprint density at radius 3 is 2.71 bits per heavy atom. The van der Waals surface area contributed by atoms with E-state index in [1.165, 1.54) is 0 Å². The molecule has 0 unspecified atom stereocenters. The van der Waals surface area contributed by atoms with E-state index in [0.717, 1.165) is 37.2 Å². The molecule has 0 aliphatic carbocycles. The number of benzene rings is 1. The average Bonchev–Trinajstić information content (AvgIpc) is 2.69. The summed E-state index contributed by atoms with van der Waals surface area (Å²) in [4.78, 5) is 12.2. The minimum atomic E-state index is 0.0482. The van der Waals surface area contributed by atoms with Crippen molar-refractivity contribution < 1.29 is 4.68 Å². The Hall–Kier alpha value is -1.55. The number of aromatic nitrogens is 3. The van der Waals surface area contributed by atoms with Crippen molar-refractivity contribution in [2.24, 2.45) is 0 Å². The fourth-order valence-corrected chi connectivity index (χ4v) is 2.35. The minimum Gasteiger partial charge on any atom is -0.234 e. The van der Waals surface area contributed by atoms with Gasteiger partial charge in [-0.1, -0.05) is 21.5 Å². The summed E-state index contributed by atoms with van der Waals surface area (Å²) in [5, 5.41) is 3.79. The SMILES string of the molecule is O=c1c2[n+]([nH]n1-c1ccc(Cl)cc1)CCCC2. The third-order valence-corrected chi connectivity index (χ3v) is 3.38. The summed E-state index contributed by atoms with van der Waals surface area (Å²) in [5.74, 6) is 0. The van der Waals surface area contributed by atoms with Crippen LogP contribution in [0.3, 0.4) is 0 Å². The van der Waals surface area contributed by atoms with Gasteiger partial charge >= 0.3 is 5.56 Å². The van der Waals surface area contributed by atoms with Crippen molar-refractivity contribution in [1.82, 2.24) is 9.90 Å². The quantitative estimate of drug-likeness (QED) is 0.765. The van der Waals surface area contributed by atoms with Crippen LogP contribution in [0, 0.1) is 0 Å². The van der Waals surface area contributed by atoms with Gasteiger partial charge in [0.1, 0.15) is 6.54 Å². The van der Waals surface area contributed by atoms with Crippen molar-refractivity contribution in [3.05, 3.63) is 45.3 Å². The summed E-state index contributed by atoms with van der Waals surface area (Å²) in [5.41, 5.74) is 1.74. The molecule has 1 aliphatic heterocycles. The molecule has 0 spiro atoms. The highest BCUT2D eigenvalue weighted by molar-refractivity contribution is 6.30. The lowest BCUT2D eigenvalue weighted by Gasteiger charge is -2.04. The van der Waals surface area contributed by atoms with Crippen molar-refractivity contribution in [1.29, 1.82) is 0 Å². The summed E-state index contributed by atoms with van der Waals surface area (Å²) < 4.78 is 3.53. The normalized spacial score (nSPS) is 14.6. The zero-order valence-electron chi connectivity index (χ0n) is 9.32. The molecule has 0 amide bonds. The molecule has 1 aliphatic rings. The first-order valence-corrected chi connectivity index (χ1v) is 6.13. The van der Waals surface area contributed by atoms with Gasteiger partial charge < -0.3 is 0 Å². The van der Waals surface area contributed by atoms with Gasteiger partial charge in [0.15, 0.2) is 5.69 Å². The van der Waals surface area contributed by atoms with Gasteiger partial charge in [0.25, 0.3) is 0 Å². The Bertz CT molecular complexity index is 597. The lowest BCUT2D eigenvalue weighted by molar-refractivity contribution is -0.765. The number of aryl methyl sites for hydroxylation is 1. The highest BCUT2D eigenvalue weighted by atomic mass is 35.5. The largest absolute Gasteiger partial charge is 0.401 e. The monoisotopic (exact) mass is 250 g/mol. The number of hydrogen-bond donors (Lipinski definition) is 1. The molecule has 0 bridgehead atoms. The molecule has 0 radical (unpaired) electrons. The van der Waals surface area contributed by atoms with Crippen LogP contribution in [-0.2, 0) is 13.0 Å². The lowest BCUT2D eigenvalue weighted by Crippen LogP contribution is -2.43. The van der Waals surface area contributed by atoms with Crippen LogP contribution in [0.5, 0.6) is 0 Å². The second kappa shape index (κ2) is 4.04. The zero-order chi connectivity index (χ0) is 11.8. The fourth-order valence-electron chi connectivity index (χ4n) is 2.23. The summed E-state index contributed by atoms with van der Waals surface area (Å²) in [6.45, 7) is 0.894. The van der Waals surface area contributed by atoms with Crippen LogP contribution in [0.2, 0.25) is 5.02 Å². The van der Waals surface area contributed by atoms with Crippen molar-refractivity contribution in [2.75, 3.05) is 0 Å². The molecule has 1 aromatic heterocycles. The smallest absolute Gasteiger partial charge is 0.234 e. The molecular formula is C12H13ClN3O+. The van der Waals surface area contributed by atoms with E-state index in [0.29, 0.717) is 5.02 Å². The van der Waals surface area contributed by atoms with Gasteiger partial charge in [-0.2, -0.15) is 4.68 Å². The number of nitrogens with one attached hydrogen (secondary N) is 1. The Morgan fingerprint density at radius 1 is 1.24 bits per heavy atom. The Balaban J connectivity index is 2.12. The maximum absolute atomic E-state index is 12.2. The lowest BCUT2D eigenvalue weighted by atomic mass is 10.1. The number of H-pyrrole nitrogens is 1. The molecule has 0 saturated carbocycles.